The summed E-state index contributed by atoms with van der Waals surface area (Å²) in [7, 11) is 1.71. The smallest absolute Gasteiger partial charge is 0.416 e. The molecule has 1 aliphatic heterocycles. The number of oxazole rings is 1. The number of benzene rings is 1. The highest BCUT2D eigenvalue weighted by Crippen LogP contribution is 2.29. The lowest BCUT2D eigenvalue weighted by atomic mass is 9.94. The molecule has 0 saturated carbocycles. The molecule has 1 saturated heterocycles. The van der Waals surface area contributed by atoms with Crippen molar-refractivity contribution in [3.05, 3.63) is 53.2 Å². The van der Waals surface area contributed by atoms with Crippen molar-refractivity contribution in [2.75, 3.05) is 20.1 Å². The van der Waals surface area contributed by atoms with Crippen molar-refractivity contribution in [2.24, 2.45) is 4.99 Å². The molecule has 10 heteroatoms. The lowest BCUT2D eigenvalue weighted by Gasteiger charge is -2.19. The Balaban J connectivity index is 0.00000363. The van der Waals surface area contributed by atoms with Crippen LogP contribution in [0.15, 0.2) is 39.9 Å². The van der Waals surface area contributed by atoms with Gasteiger partial charge in [-0.2, -0.15) is 13.2 Å². The molecule has 6 nitrogen and oxygen atoms in total. The molecule has 0 amide bonds. The average Bonchev–Trinajstić information content (AvgIpc) is 3.34. The van der Waals surface area contributed by atoms with E-state index in [4.69, 9.17) is 4.42 Å². The molecule has 0 radical (unpaired) electrons. The molecular formula is C22H31F3IN5O. The molecule has 1 fully saturated rings. The number of hydrogen-bond donors (Lipinski definition) is 2. The van der Waals surface area contributed by atoms with Crippen molar-refractivity contribution >= 4 is 29.9 Å². The minimum atomic E-state index is -4.30. The third-order valence-corrected chi connectivity index (χ3v) is 5.22. The second-order valence-electron chi connectivity index (χ2n) is 8.85. The molecule has 2 aromatic rings. The van der Waals surface area contributed by atoms with Gasteiger partial charge < -0.3 is 15.1 Å². The molecule has 3 rings (SSSR count). The van der Waals surface area contributed by atoms with E-state index < -0.39 is 11.7 Å². The van der Waals surface area contributed by atoms with Crippen molar-refractivity contribution in [3.8, 4) is 0 Å². The Morgan fingerprint density at radius 2 is 1.91 bits per heavy atom. The molecule has 1 atom stereocenters. The first-order chi connectivity index (χ1) is 14.5. The van der Waals surface area contributed by atoms with Crippen LogP contribution in [0.5, 0.6) is 0 Å². The summed E-state index contributed by atoms with van der Waals surface area (Å²) in [5, 5.41) is 6.62. The normalized spacial score (nSPS) is 17.8. The number of alkyl halides is 3. The molecule has 178 valence electrons. The minimum absolute atomic E-state index is 0. The van der Waals surface area contributed by atoms with Gasteiger partial charge in [-0.05, 0) is 24.1 Å². The van der Waals surface area contributed by atoms with Gasteiger partial charge >= 0.3 is 6.18 Å². The van der Waals surface area contributed by atoms with E-state index in [9.17, 15) is 13.2 Å². The number of rotatable bonds is 5. The van der Waals surface area contributed by atoms with Gasteiger partial charge in [0.25, 0.3) is 0 Å². The zero-order chi connectivity index (χ0) is 22.6. The molecule has 1 unspecified atom stereocenters. The van der Waals surface area contributed by atoms with Crippen LogP contribution in [0.25, 0.3) is 0 Å². The fourth-order valence-electron chi connectivity index (χ4n) is 3.44. The SMILES string of the molecule is CN=C(NCc1ncc(C(C)(C)C)o1)NC1CCN(Cc2ccc(C(F)(F)F)cc2)C1.I. The molecule has 0 bridgehead atoms. The first-order valence-corrected chi connectivity index (χ1v) is 10.4. The van der Waals surface area contributed by atoms with E-state index >= 15 is 0 Å². The molecule has 2 N–H and O–H groups in total. The number of nitrogens with zero attached hydrogens (tertiary/aromatic N) is 3. The molecular weight excluding hydrogens is 534 g/mol. The van der Waals surface area contributed by atoms with Crippen LogP contribution in [0, 0.1) is 0 Å². The summed E-state index contributed by atoms with van der Waals surface area (Å²) in [5.41, 5.74) is 0.161. The van der Waals surface area contributed by atoms with E-state index in [1.54, 1.807) is 25.4 Å². The van der Waals surface area contributed by atoms with E-state index in [2.05, 4.69) is 46.3 Å². The van der Waals surface area contributed by atoms with Crippen LogP contribution in [0.4, 0.5) is 13.2 Å². The summed E-state index contributed by atoms with van der Waals surface area (Å²) in [5.74, 6) is 2.10. The van der Waals surface area contributed by atoms with Gasteiger partial charge in [-0.15, -0.1) is 24.0 Å². The second-order valence-corrected chi connectivity index (χ2v) is 8.85. The number of hydrogen-bond acceptors (Lipinski definition) is 4. The van der Waals surface area contributed by atoms with Crippen LogP contribution >= 0.6 is 24.0 Å². The van der Waals surface area contributed by atoms with E-state index in [-0.39, 0.29) is 35.4 Å². The Morgan fingerprint density at radius 3 is 2.47 bits per heavy atom. The van der Waals surface area contributed by atoms with Crippen LogP contribution in [-0.4, -0.2) is 42.0 Å². The monoisotopic (exact) mass is 565 g/mol. The number of aliphatic imine (C=N–C) groups is 1. The highest BCUT2D eigenvalue weighted by molar-refractivity contribution is 14.0. The van der Waals surface area contributed by atoms with Crippen LogP contribution in [0.3, 0.4) is 0 Å². The predicted molar refractivity (Wildman–Crippen MR) is 129 cm³/mol. The largest absolute Gasteiger partial charge is 0.443 e. The summed E-state index contributed by atoms with van der Waals surface area (Å²) in [6.07, 6.45) is -1.62. The standard InChI is InChI=1S/C22H30F3N5O.HI/c1-21(2,3)18-11-27-19(31-18)12-28-20(26-4)29-17-9-10-30(14-17)13-15-5-7-16(8-6-15)22(23,24)25;/h5-8,11,17H,9-10,12-14H2,1-4H3,(H2,26,28,29);1H. The van der Waals surface area contributed by atoms with Crippen molar-refractivity contribution in [2.45, 2.75) is 57.9 Å². The topological polar surface area (TPSA) is 65.7 Å². The highest BCUT2D eigenvalue weighted by Gasteiger charge is 2.30. The van der Waals surface area contributed by atoms with Gasteiger partial charge in [0, 0.05) is 38.1 Å². The maximum atomic E-state index is 12.7. The van der Waals surface area contributed by atoms with E-state index in [1.807, 2.05) is 0 Å². The number of likely N-dealkylation sites (tertiary alicyclic amines) is 1. The Labute approximate surface area is 204 Å². The summed E-state index contributed by atoms with van der Waals surface area (Å²) in [6.45, 7) is 8.91. The van der Waals surface area contributed by atoms with E-state index in [1.165, 1.54) is 0 Å². The molecule has 0 spiro atoms. The quantitative estimate of drug-likeness (QED) is 0.317. The first-order valence-electron chi connectivity index (χ1n) is 10.4. The van der Waals surface area contributed by atoms with Crippen LogP contribution in [-0.2, 0) is 24.7 Å². The molecule has 1 aromatic heterocycles. The summed E-state index contributed by atoms with van der Waals surface area (Å²) < 4.78 is 43.9. The fourth-order valence-corrected chi connectivity index (χ4v) is 3.44. The highest BCUT2D eigenvalue weighted by atomic mass is 127. The molecule has 1 aliphatic rings. The van der Waals surface area contributed by atoms with Gasteiger partial charge in [0.15, 0.2) is 5.96 Å². The lowest BCUT2D eigenvalue weighted by Crippen LogP contribution is -2.44. The Kier molecular flexibility index (Phi) is 8.98. The molecule has 0 aliphatic carbocycles. The van der Waals surface area contributed by atoms with Crippen LogP contribution < -0.4 is 10.6 Å². The Bertz CT molecular complexity index is 890. The van der Waals surface area contributed by atoms with E-state index in [0.29, 0.717) is 24.9 Å². The lowest BCUT2D eigenvalue weighted by molar-refractivity contribution is -0.137. The van der Waals surface area contributed by atoms with Gasteiger partial charge in [-0.1, -0.05) is 32.9 Å². The van der Waals surface area contributed by atoms with Crippen molar-refractivity contribution in [3.63, 3.8) is 0 Å². The second kappa shape index (κ2) is 10.9. The van der Waals surface area contributed by atoms with Crippen LogP contribution in [0.2, 0.25) is 0 Å². The van der Waals surface area contributed by atoms with Gasteiger partial charge in [0.1, 0.15) is 5.76 Å². The van der Waals surface area contributed by atoms with Gasteiger partial charge in [0.2, 0.25) is 5.89 Å². The average molecular weight is 565 g/mol. The fraction of sp³-hybridized carbons (Fsp3) is 0.545. The van der Waals surface area contributed by atoms with Crippen molar-refractivity contribution in [1.82, 2.24) is 20.5 Å². The maximum Gasteiger partial charge on any atom is 0.416 e. The molecule has 32 heavy (non-hydrogen) atoms. The van der Waals surface area contributed by atoms with Crippen LogP contribution in [0.1, 0.15) is 50.0 Å². The third-order valence-electron chi connectivity index (χ3n) is 5.22. The molecule has 2 heterocycles. The maximum absolute atomic E-state index is 12.7. The Morgan fingerprint density at radius 1 is 1.22 bits per heavy atom. The number of halogens is 4. The zero-order valence-electron chi connectivity index (χ0n) is 18.8. The Hall–Kier alpha value is -1.82. The van der Waals surface area contributed by atoms with Gasteiger partial charge in [-0.3, -0.25) is 9.89 Å². The van der Waals surface area contributed by atoms with Crippen molar-refractivity contribution in [1.29, 1.82) is 0 Å². The van der Waals surface area contributed by atoms with E-state index in [0.717, 1.165) is 43.0 Å². The number of guanidine groups is 1. The summed E-state index contributed by atoms with van der Waals surface area (Å²) in [6, 6.07) is 5.58. The minimum Gasteiger partial charge on any atom is -0.443 e. The summed E-state index contributed by atoms with van der Waals surface area (Å²) in [4.78, 5) is 10.8. The zero-order valence-corrected chi connectivity index (χ0v) is 21.1. The number of aromatic nitrogens is 1. The van der Waals surface area contributed by atoms with Gasteiger partial charge in [0.05, 0.1) is 18.3 Å². The summed E-state index contributed by atoms with van der Waals surface area (Å²) >= 11 is 0. The van der Waals surface area contributed by atoms with Crippen molar-refractivity contribution < 1.29 is 17.6 Å². The number of nitrogens with one attached hydrogen (secondary N) is 2. The van der Waals surface area contributed by atoms with Gasteiger partial charge in [-0.25, -0.2) is 4.98 Å². The molecule has 1 aromatic carbocycles. The first kappa shape index (κ1) is 26.4. The predicted octanol–water partition coefficient (Wildman–Crippen LogP) is 4.55. The third kappa shape index (κ3) is 7.36.